The number of nitrogens with zero attached hydrogens (tertiary/aromatic N) is 2. The zero-order valence-corrected chi connectivity index (χ0v) is 7.49. The molecule has 0 aromatic heterocycles. The molecule has 0 amide bonds. The molecular formula is C8H16N2O2. The van der Waals surface area contributed by atoms with Crippen LogP contribution in [0.4, 0.5) is 0 Å². The lowest BCUT2D eigenvalue weighted by Gasteiger charge is -2.15. The predicted molar refractivity (Wildman–Crippen MR) is 45.6 cm³/mol. The molecular weight excluding hydrogens is 156 g/mol. The Bertz CT molecular complexity index is 134. The molecule has 4 heteroatoms. The van der Waals surface area contributed by atoms with Crippen LogP contribution in [-0.4, -0.2) is 49.5 Å². The number of hydrogen-bond donors (Lipinski definition) is 1. The predicted octanol–water partition coefficient (Wildman–Crippen LogP) is -0.159. The van der Waals surface area contributed by atoms with Crippen molar-refractivity contribution < 1.29 is 9.84 Å². The van der Waals surface area contributed by atoms with Crippen LogP contribution in [0.5, 0.6) is 0 Å². The highest BCUT2D eigenvalue weighted by Crippen LogP contribution is 1.86. The second kappa shape index (κ2) is 8.47. The van der Waals surface area contributed by atoms with Gasteiger partial charge in [-0.2, -0.15) is 5.26 Å². The minimum Gasteiger partial charge on any atom is -0.394 e. The number of rotatable bonds is 7. The van der Waals surface area contributed by atoms with Gasteiger partial charge in [0.25, 0.3) is 0 Å². The Morgan fingerprint density at radius 2 is 2.25 bits per heavy atom. The Kier molecular flexibility index (Phi) is 8.02. The van der Waals surface area contributed by atoms with Gasteiger partial charge >= 0.3 is 0 Å². The van der Waals surface area contributed by atoms with Gasteiger partial charge in [-0.15, -0.1) is 0 Å². The molecule has 12 heavy (non-hydrogen) atoms. The van der Waals surface area contributed by atoms with Crippen LogP contribution in [0.3, 0.4) is 0 Å². The molecule has 0 aromatic carbocycles. The monoisotopic (exact) mass is 172 g/mol. The quantitative estimate of drug-likeness (QED) is 0.428. The largest absolute Gasteiger partial charge is 0.394 e. The number of likely N-dealkylation sites (N-methyl/N-ethyl adjacent to an activating group) is 1. The maximum Gasteiger partial charge on any atom is 0.0866 e. The van der Waals surface area contributed by atoms with Crippen LogP contribution in [0.25, 0.3) is 0 Å². The number of aliphatic hydroxyl groups is 1. The molecule has 0 spiro atoms. The van der Waals surface area contributed by atoms with Crippen molar-refractivity contribution in [1.82, 2.24) is 4.90 Å². The highest BCUT2D eigenvalue weighted by Gasteiger charge is 1.99. The second-order valence-electron chi connectivity index (χ2n) is 2.36. The van der Waals surface area contributed by atoms with Gasteiger partial charge in [-0.1, -0.05) is 6.92 Å². The van der Waals surface area contributed by atoms with E-state index in [0.717, 1.165) is 13.1 Å². The molecule has 0 radical (unpaired) electrons. The first-order valence-electron chi connectivity index (χ1n) is 4.13. The molecule has 0 aliphatic carbocycles. The molecule has 0 rings (SSSR count). The summed E-state index contributed by atoms with van der Waals surface area (Å²) in [6, 6.07) is 2.08. The molecule has 0 aliphatic heterocycles. The summed E-state index contributed by atoms with van der Waals surface area (Å²) in [7, 11) is 0. The minimum atomic E-state index is 0.0599. The molecule has 0 aliphatic rings. The normalized spacial score (nSPS) is 10.2. The van der Waals surface area contributed by atoms with Crippen LogP contribution in [0.2, 0.25) is 0 Å². The van der Waals surface area contributed by atoms with Crippen molar-refractivity contribution in [2.75, 3.05) is 39.5 Å². The first-order chi connectivity index (χ1) is 5.85. The van der Waals surface area contributed by atoms with Crippen LogP contribution in [0.15, 0.2) is 0 Å². The highest BCUT2D eigenvalue weighted by molar-refractivity contribution is 4.75. The van der Waals surface area contributed by atoms with Crippen molar-refractivity contribution in [3.05, 3.63) is 0 Å². The molecule has 1 N–H and O–H groups in total. The SMILES string of the molecule is CCN(CC#N)CCOCCO. The molecule has 0 unspecified atom stereocenters. The van der Waals surface area contributed by atoms with Gasteiger partial charge in [0.05, 0.1) is 32.4 Å². The molecule has 0 bridgehead atoms. The first kappa shape index (κ1) is 11.4. The fraction of sp³-hybridized carbons (Fsp3) is 0.875. The van der Waals surface area contributed by atoms with Gasteiger partial charge in [0.2, 0.25) is 0 Å². The van der Waals surface area contributed by atoms with E-state index in [9.17, 15) is 0 Å². The third-order valence-electron chi connectivity index (χ3n) is 1.53. The van der Waals surface area contributed by atoms with E-state index in [-0.39, 0.29) is 6.61 Å². The first-order valence-corrected chi connectivity index (χ1v) is 4.13. The van der Waals surface area contributed by atoms with Gasteiger partial charge in [-0.05, 0) is 6.54 Å². The van der Waals surface area contributed by atoms with E-state index in [4.69, 9.17) is 15.1 Å². The zero-order chi connectivity index (χ0) is 9.23. The summed E-state index contributed by atoms with van der Waals surface area (Å²) >= 11 is 0. The van der Waals surface area contributed by atoms with E-state index < -0.39 is 0 Å². The van der Waals surface area contributed by atoms with E-state index >= 15 is 0 Å². The molecule has 0 heterocycles. The molecule has 4 nitrogen and oxygen atoms in total. The second-order valence-corrected chi connectivity index (χ2v) is 2.36. The minimum absolute atomic E-state index is 0.0599. The molecule has 0 aromatic rings. The summed E-state index contributed by atoms with van der Waals surface area (Å²) in [6.07, 6.45) is 0. The molecule has 0 saturated carbocycles. The lowest BCUT2D eigenvalue weighted by Crippen LogP contribution is -2.28. The van der Waals surface area contributed by atoms with Crippen LogP contribution in [0, 0.1) is 11.3 Å². The van der Waals surface area contributed by atoms with Crippen LogP contribution in [0.1, 0.15) is 6.92 Å². The van der Waals surface area contributed by atoms with Gasteiger partial charge < -0.3 is 9.84 Å². The van der Waals surface area contributed by atoms with Crippen LogP contribution in [-0.2, 0) is 4.74 Å². The van der Waals surface area contributed by atoms with E-state index in [1.165, 1.54) is 0 Å². The van der Waals surface area contributed by atoms with Gasteiger partial charge in [0, 0.05) is 6.54 Å². The van der Waals surface area contributed by atoms with E-state index in [0.29, 0.717) is 19.8 Å². The summed E-state index contributed by atoms with van der Waals surface area (Å²) in [4.78, 5) is 1.98. The maximum absolute atomic E-state index is 8.40. The third kappa shape index (κ3) is 6.10. The Morgan fingerprint density at radius 3 is 2.75 bits per heavy atom. The van der Waals surface area contributed by atoms with Gasteiger partial charge in [0.1, 0.15) is 0 Å². The summed E-state index contributed by atoms with van der Waals surface area (Å²) < 4.78 is 5.06. The van der Waals surface area contributed by atoms with Crippen molar-refractivity contribution in [3.63, 3.8) is 0 Å². The molecule has 0 fully saturated rings. The Balaban J connectivity index is 3.26. The Labute approximate surface area is 73.4 Å². The number of aliphatic hydroxyl groups excluding tert-OH is 1. The summed E-state index contributed by atoms with van der Waals surface area (Å²) in [5, 5.41) is 16.8. The van der Waals surface area contributed by atoms with Gasteiger partial charge in [-0.3, -0.25) is 4.90 Å². The Hall–Kier alpha value is -0.630. The number of nitriles is 1. The summed E-state index contributed by atoms with van der Waals surface area (Å²) in [5.74, 6) is 0. The average molecular weight is 172 g/mol. The van der Waals surface area contributed by atoms with E-state index in [2.05, 4.69) is 6.07 Å². The van der Waals surface area contributed by atoms with Crippen molar-refractivity contribution in [3.8, 4) is 6.07 Å². The summed E-state index contributed by atoms with van der Waals surface area (Å²) in [6.45, 7) is 5.08. The molecule has 0 saturated heterocycles. The number of hydrogen-bond acceptors (Lipinski definition) is 4. The fourth-order valence-corrected chi connectivity index (χ4v) is 0.809. The lowest BCUT2D eigenvalue weighted by atomic mass is 10.5. The molecule has 0 atom stereocenters. The van der Waals surface area contributed by atoms with Gasteiger partial charge in [0.15, 0.2) is 0 Å². The lowest BCUT2D eigenvalue weighted by molar-refractivity contribution is 0.0771. The van der Waals surface area contributed by atoms with E-state index in [1.54, 1.807) is 0 Å². The van der Waals surface area contributed by atoms with E-state index in [1.807, 2.05) is 11.8 Å². The van der Waals surface area contributed by atoms with Crippen LogP contribution >= 0.6 is 0 Å². The summed E-state index contributed by atoms with van der Waals surface area (Å²) in [5.41, 5.74) is 0. The average Bonchev–Trinajstić information content (AvgIpc) is 2.10. The topological polar surface area (TPSA) is 56.5 Å². The molecule has 70 valence electrons. The maximum atomic E-state index is 8.40. The van der Waals surface area contributed by atoms with Crippen molar-refractivity contribution in [2.24, 2.45) is 0 Å². The number of ether oxygens (including phenoxy) is 1. The smallest absolute Gasteiger partial charge is 0.0866 e. The van der Waals surface area contributed by atoms with Crippen molar-refractivity contribution in [2.45, 2.75) is 6.92 Å². The highest BCUT2D eigenvalue weighted by atomic mass is 16.5. The van der Waals surface area contributed by atoms with Gasteiger partial charge in [-0.25, -0.2) is 0 Å². The third-order valence-corrected chi connectivity index (χ3v) is 1.53. The van der Waals surface area contributed by atoms with Crippen molar-refractivity contribution in [1.29, 1.82) is 5.26 Å². The Morgan fingerprint density at radius 1 is 1.50 bits per heavy atom. The fourth-order valence-electron chi connectivity index (χ4n) is 0.809. The standard InChI is InChI=1S/C8H16N2O2/c1-2-10(4-3-9)5-7-12-8-6-11/h11H,2,4-8H2,1H3. The van der Waals surface area contributed by atoms with Crippen LogP contribution < -0.4 is 0 Å². The van der Waals surface area contributed by atoms with Crippen molar-refractivity contribution >= 4 is 0 Å². The zero-order valence-electron chi connectivity index (χ0n) is 7.49.